The van der Waals surface area contributed by atoms with Gasteiger partial charge >= 0.3 is 5.97 Å². The molecule has 1 N–H and O–H groups in total. The van der Waals surface area contributed by atoms with Crippen LogP contribution in [0.15, 0.2) is 60.2 Å². The summed E-state index contributed by atoms with van der Waals surface area (Å²) in [7, 11) is 1.56. The molecule has 7 nitrogen and oxygen atoms in total. The predicted octanol–water partition coefficient (Wildman–Crippen LogP) is 4.83. The zero-order valence-electron chi connectivity index (χ0n) is 19.0. The van der Waals surface area contributed by atoms with Gasteiger partial charge in [-0.2, -0.15) is 5.26 Å². The number of rotatable bonds is 7. The number of aryl methyl sites for hydroxylation is 1. The van der Waals surface area contributed by atoms with E-state index in [1.54, 1.807) is 56.5 Å². The Morgan fingerprint density at radius 1 is 1.09 bits per heavy atom. The van der Waals surface area contributed by atoms with Crippen molar-refractivity contribution in [1.82, 2.24) is 4.57 Å². The van der Waals surface area contributed by atoms with E-state index >= 15 is 0 Å². The normalized spacial score (nSPS) is 10.9. The first-order valence-electron chi connectivity index (χ1n) is 10.4. The highest BCUT2D eigenvalue weighted by Gasteiger charge is 2.15. The number of nitrogens with one attached hydrogen (secondary N) is 1. The number of amides is 1. The van der Waals surface area contributed by atoms with Crippen LogP contribution in [0.4, 0.5) is 5.69 Å². The highest BCUT2D eigenvalue weighted by Crippen LogP contribution is 2.24. The third-order valence-electron chi connectivity index (χ3n) is 5.12. The van der Waals surface area contributed by atoms with Gasteiger partial charge < -0.3 is 19.4 Å². The number of anilines is 1. The molecule has 1 heterocycles. The minimum atomic E-state index is -0.494. The first-order chi connectivity index (χ1) is 15.9. The minimum Gasteiger partial charge on any atom is -0.497 e. The van der Waals surface area contributed by atoms with Crippen LogP contribution in [0.2, 0.25) is 0 Å². The number of carbonyl (C=O) groups excluding carboxylic acids is 2. The molecule has 7 heteroatoms. The molecule has 168 valence electrons. The van der Waals surface area contributed by atoms with E-state index < -0.39 is 5.91 Å². The Kier molecular flexibility index (Phi) is 7.31. The van der Waals surface area contributed by atoms with Gasteiger partial charge in [-0.25, -0.2) is 4.79 Å². The summed E-state index contributed by atoms with van der Waals surface area (Å²) in [6.45, 7) is 5.93. The number of benzene rings is 2. The molecule has 33 heavy (non-hydrogen) atoms. The molecule has 0 aliphatic rings. The molecule has 0 fully saturated rings. The van der Waals surface area contributed by atoms with Crippen molar-refractivity contribution in [2.75, 3.05) is 19.0 Å². The number of carbonyl (C=O) groups is 2. The lowest BCUT2D eigenvalue weighted by atomic mass is 10.1. The van der Waals surface area contributed by atoms with E-state index in [0.717, 1.165) is 22.6 Å². The number of esters is 1. The van der Waals surface area contributed by atoms with Crippen LogP contribution in [0.3, 0.4) is 0 Å². The van der Waals surface area contributed by atoms with Crippen molar-refractivity contribution in [2.45, 2.75) is 20.8 Å². The topological polar surface area (TPSA) is 93.4 Å². The standard InChI is InChI=1S/C26H25N3O4/c1-5-33-26(31)19-6-10-23(11-7-19)29-17(2)14-20(18(29)3)15-21(16-27)25(30)28-22-8-12-24(32-4)13-9-22/h6-15H,5H2,1-4H3,(H,28,30)/b21-15+. The molecule has 1 aromatic heterocycles. The molecule has 0 atom stereocenters. The van der Waals surface area contributed by atoms with Gasteiger partial charge in [-0.15, -0.1) is 0 Å². The summed E-state index contributed by atoms with van der Waals surface area (Å²) in [5.74, 6) is -0.187. The summed E-state index contributed by atoms with van der Waals surface area (Å²) >= 11 is 0. The summed E-state index contributed by atoms with van der Waals surface area (Å²) in [6, 6.07) is 17.9. The van der Waals surface area contributed by atoms with Crippen molar-refractivity contribution in [2.24, 2.45) is 0 Å². The van der Waals surface area contributed by atoms with Gasteiger partial charge in [0.25, 0.3) is 5.91 Å². The van der Waals surface area contributed by atoms with Crippen molar-refractivity contribution >= 4 is 23.6 Å². The van der Waals surface area contributed by atoms with Gasteiger partial charge in [0.1, 0.15) is 17.4 Å². The fourth-order valence-corrected chi connectivity index (χ4v) is 3.47. The molecule has 0 saturated heterocycles. The van der Waals surface area contributed by atoms with Gasteiger partial charge in [0, 0.05) is 22.8 Å². The van der Waals surface area contributed by atoms with Gasteiger partial charge in [0.05, 0.1) is 19.3 Å². The number of nitrogens with zero attached hydrogens (tertiary/aromatic N) is 2. The van der Waals surface area contributed by atoms with Gasteiger partial charge in [-0.05, 0) is 87.0 Å². The van der Waals surface area contributed by atoms with Crippen LogP contribution in [0, 0.1) is 25.2 Å². The number of methoxy groups -OCH3 is 1. The van der Waals surface area contributed by atoms with Crippen molar-refractivity contribution in [1.29, 1.82) is 5.26 Å². The smallest absolute Gasteiger partial charge is 0.338 e. The molecule has 0 saturated carbocycles. The van der Waals surface area contributed by atoms with Gasteiger partial charge in [0.2, 0.25) is 0 Å². The first-order valence-corrected chi connectivity index (χ1v) is 10.4. The lowest BCUT2D eigenvalue weighted by molar-refractivity contribution is -0.112. The second kappa shape index (κ2) is 10.3. The van der Waals surface area contributed by atoms with Crippen LogP contribution < -0.4 is 10.1 Å². The summed E-state index contributed by atoms with van der Waals surface area (Å²) < 4.78 is 12.1. The molecule has 3 rings (SSSR count). The molecular formula is C26H25N3O4. The van der Waals surface area contributed by atoms with Crippen molar-refractivity contribution < 1.29 is 19.1 Å². The Labute approximate surface area is 192 Å². The molecule has 0 bridgehead atoms. The van der Waals surface area contributed by atoms with Crippen LogP contribution in [-0.4, -0.2) is 30.2 Å². The highest BCUT2D eigenvalue weighted by atomic mass is 16.5. The number of aromatic nitrogens is 1. The monoisotopic (exact) mass is 443 g/mol. The number of hydrogen-bond acceptors (Lipinski definition) is 5. The summed E-state index contributed by atoms with van der Waals surface area (Å²) in [5, 5.41) is 12.3. The molecule has 3 aromatic rings. The largest absolute Gasteiger partial charge is 0.497 e. The van der Waals surface area contributed by atoms with Gasteiger partial charge in [-0.1, -0.05) is 0 Å². The van der Waals surface area contributed by atoms with Crippen LogP contribution >= 0.6 is 0 Å². The zero-order valence-corrected chi connectivity index (χ0v) is 19.0. The average molecular weight is 444 g/mol. The van der Waals surface area contributed by atoms with E-state index in [2.05, 4.69) is 5.32 Å². The van der Waals surface area contributed by atoms with E-state index in [0.29, 0.717) is 23.6 Å². The van der Waals surface area contributed by atoms with Crippen molar-refractivity contribution in [3.8, 4) is 17.5 Å². The molecule has 0 aliphatic heterocycles. The third kappa shape index (κ3) is 5.31. The summed E-state index contributed by atoms with van der Waals surface area (Å²) in [5.41, 5.74) is 4.43. The maximum atomic E-state index is 12.6. The lowest BCUT2D eigenvalue weighted by Crippen LogP contribution is -2.13. The molecule has 1 amide bonds. The predicted molar refractivity (Wildman–Crippen MR) is 126 cm³/mol. The highest BCUT2D eigenvalue weighted by molar-refractivity contribution is 6.09. The van der Waals surface area contributed by atoms with E-state index in [-0.39, 0.29) is 11.5 Å². The Morgan fingerprint density at radius 3 is 2.33 bits per heavy atom. The van der Waals surface area contributed by atoms with Crippen LogP contribution in [0.5, 0.6) is 5.75 Å². The van der Waals surface area contributed by atoms with E-state index in [4.69, 9.17) is 9.47 Å². The quantitative estimate of drug-likeness (QED) is 0.321. The summed E-state index contributed by atoms with van der Waals surface area (Å²) in [6.07, 6.45) is 1.57. The first kappa shape index (κ1) is 23.4. The Morgan fingerprint density at radius 2 is 1.76 bits per heavy atom. The van der Waals surface area contributed by atoms with Crippen LogP contribution in [0.1, 0.15) is 34.2 Å². The number of ether oxygens (including phenoxy) is 2. The second-order valence-electron chi connectivity index (χ2n) is 7.28. The zero-order chi connectivity index (χ0) is 24.0. The van der Waals surface area contributed by atoms with E-state index in [9.17, 15) is 14.9 Å². The fraction of sp³-hybridized carbons (Fsp3) is 0.192. The maximum Gasteiger partial charge on any atom is 0.338 e. The van der Waals surface area contributed by atoms with Crippen molar-refractivity contribution in [3.63, 3.8) is 0 Å². The number of nitriles is 1. The third-order valence-corrected chi connectivity index (χ3v) is 5.12. The fourth-order valence-electron chi connectivity index (χ4n) is 3.47. The second-order valence-corrected chi connectivity index (χ2v) is 7.28. The molecule has 0 unspecified atom stereocenters. The molecule has 2 aromatic carbocycles. The van der Waals surface area contributed by atoms with E-state index in [1.165, 1.54) is 0 Å². The van der Waals surface area contributed by atoms with Gasteiger partial charge in [0.15, 0.2) is 0 Å². The minimum absolute atomic E-state index is 0.0104. The summed E-state index contributed by atoms with van der Waals surface area (Å²) in [4.78, 5) is 24.5. The Balaban J connectivity index is 1.86. The molecular weight excluding hydrogens is 418 g/mol. The lowest BCUT2D eigenvalue weighted by Gasteiger charge is -2.10. The Hall–Kier alpha value is -4.31. The van der Waals surface area contributed by atoms with Crippen molar-refractivity contribution in [3.05, 3.63) is 82.7 Å². The SMILES string of the molecule is CCOC(=O)c1ccc(-n2c(C)cc(/C=C(\C#N)C(=O)Nc3ccc(OC)cc3)c2C)cc1. The van der Waals surface area contributed by atoms with E-state index in [1.807, 2.05) is 42.7 Å². The van der Waals surface area contributed by atoms with Crippen LogP contribution in [0.25, 0.3) is 11.8 Å². The number of hydrogen-bond donors (Lipinski definition) is 1. The molecule has 0 spiro atoms. The van der Waals surface area contributed by atoms with Gasteiger partial charge in [-0.3, -0.25) is 4.79 Å². The molecule has 0 radical (unpaired) electrons. The Bertz CT molecular complexity index is 1230. The maximum absolute atomic E-state index is 12.6. The van der Waals surface area contributed by atoms with Crippen LogP contribution in [-0.2, 0) is 9.53 Å². The average Bonchev–Trinajstić information content (AvgIpc) is 3.10. The molecule has 0 aliphatic carbocycles.